The van der Waals surface area contributed by atoms with Gasteiger partial charge >= 0.3 is 0 Å². The lowest BCUT2D eigenvalue weighted by Gasteiger charge is -2.26. The second kappa shape index (κ2) is 9.89. The van der Waals surface area contributed by atoms with E-state index in [4.69, 9.17) is 9.47 Å². The number of carbonyl (C=O) groups excluding carboxylic acids is 1. The maximum Gasteiger partial charge on any atom is 0.252 e. The quantitative estimate of drug-likeness (QED) is 0.738. The standard InChI is InChI=1S/C20H26N4O3/c1-26-19-5-3-2-4-16(19)14-23-18-12-17(13-21-15-18)20(25)22-6-7-24-8-10-27-11-9-24/h2-5,12-13,15,23H,6-11,14H2,1H3,(H,22,25). The number of anilines is 1. The molecule has 2 heterocycles. The highest BCUT2D eigenvalue weighted by Crippen LogP contribution is 2.19. The van der Waals surface area contributed by atoms with Crippen LogP contribution in [0.3, 0.4) is 0 Å². The second-order valence-corrected chi connectivity index (χ2v) is 6.34. The molecule has 0 unspecified atom stereocenters. The number of nitrogens with zero attached hydrogens (tertiary/aromatic N) is 2. The van der Waals surface area contributed by atoms with Gasteiger partial charge < -0.3 is 20.1 Å². The number of benzene rings is 1. The molecule has 1 aromatic carbocycles. The number of carbonyl (C=O) groups is 1. The molecular weight excluding hydrogens is 344 g/mol. The van der Waals surface area contributed by atoms with Crippen molar-refractivity contribution >= 4 is 11.6 Å². The van der Waals surface area contributed by atoms with Crippen LogP contribution in [0.1, 0.15) is 15.9 Å². The molecule has 2 N–H and O–H groups in total. The number of methoxy groups -OCH3 is 1. The minimum absolute atomic E-state index is 0.114. The molecule has 7 nitrogen and oxygen atoms in total. The van der Waals surface area contributed by atoms with E-state index in [2.05, 4.69) is 20.5 Å². The third kappa shape index (κ3) is 5.67. The zero-order valence-electron chi connectivity index (χ0n) is 15.6. The molecule has 1 fully saturated rings. The van der Waals surface area contributed by atoms with E-state index in [9.17, 15) is 4.79 Å². The highest BCUT2D eigenvalue weighted by molar-refractivity contribution is 5.94. The van der Waals surface area contributed by atoms with E-state index in [1.165, 1.54) is 0 Å². The Morgan fingerprint density at radius 3 is 2.89 bits per heavy atom. The zero-order chi connectivity index (χ0) is 18.9. The van der Waals surface area contributed by atoms with Gasteiger partial charge in [-0.25, -0.2) is 0 Å². The van der Waals surface area contributed by atoms with Crippen LogP contribution in [0.4, 0.5) is 5.69 Å². The molecule has 1 amide bonds. The Morgan fingerprint density at radius 2 is 2.07 bits per heavy atom. The fourth-order valence-corrected chi connectivity index (χ4v) is 2.96. The van der Waals surface area contributed by atoms with Crippen molar-refractivity contribution in [2.45, 2.75) is 6.54 Å². The Bertz CT molecular complexity index is 748. The molecule has 0 spiro atoms. The minimum Gasteiger partial charge on any atom is -0.496 e. The van der Waals surface area contributed by atoms with Gasteiger partial charge in [0.2, 0.25) is 0 Å². The molecule has 0 atom stereocenters. The fraction of sp³-hybridized carbons (Fsp3) is 0.400. The third-order valence-electron chi connectivity index (χ3n) is 4.49. The molecule has 2 aromatic rings. The van der Waals surface area contributed by atoms with Crippen molar-refractivity contribution in [2.75, 3.05) is 51.8 Å². The van der Waals surface area contributed by atoms with Gasteiger partial charge in [-0.15, -0.1) is 0 Å². The average Bonchev–Trinajstić information content (AvgIpc) is 2.73. The van der Waals surface area contributed by atoms with E-state index in [0.717, 1.165) is 49.8 Å². The number of para-hydroxylation sites is 1. The van der Waals surface area contributed by atoms with Gasteiger partial charge in [-0.2, -0.15) is 0 Å². The van der Waals surface area contributed by atoms with Crippen LogP contribution in [0.15, 0.2) is 42.7 Å². The first-order valence-electron chi connectivity index (χ1n) is 9.15. The molecule has 1 aliphatic rings. The average molecular weight is 370 g/mol. The molecule has 0 aliphatic carbocycles. The van der Waals surface area contributed by atoms with Gasteiger partial charge in [0.25, 0.3) is 5.91 Å². The lowest BCUT2D eigenvalue weighted by atomic mass is 10.2. The first-order chi connectivity index (χ1) is 13.3. The smallest absolute Gasteiger partial charge is 0.252 e. The van der Waals surface area contributed by atoms with E-state index in [1.807, 2.05) is 30.3 Å². The van der Waals surface area contributed by atoms with Crippen molar-refractivity contribution in [1.29, 1.82) is 0 Å². The summed E-state index contributed by atoms with van der Waals surface area (Å²) in [5.74, 6) is 0.715. The summed E-state index contributed by atoms with van der Waals surface area (Å²) in [4.78, 5) is 18.8. The van der Waals surface area contributed by atoms with Crippen LogP contribution < -0.4 is 15.4 Å². The number of rotatable bonds is 8. The third-order valence-corrected chi connectivity index (χ3v) is 4.49. The second-order valence-electron chi connectivity index (χ2n) is 6.34. The Labute approximate surface area is 159 Å². The zero-order valence-corrected chi connectivity index (χ0v) is 15.6. The first kappa shape index (κ1) is 19.1. The normalized spacial score (nSPS) is 14.6. The summed E-state index contributed by atoms with van der Waals surface area (Å²) < 4.78 is 10.7. The van der Waals surface area contributed by atoms with E-state index >= 15 is 0 Å². The minimum atomic E-state index is -0.114. The Kier molecular flexibility index (Phi) is 7.01. The molecule has 27 heavy (non-hydrogen) atoms. The van der Waals surface area contributed by atoms with Crippen LogP contribution >= 0.6 is 0 Å². The summed E-state index contributed by atoms with van der Waals surface area (Å²) >= 11 is 0. The molecule has 1 aliphatic heterocycles. The van der Waals surface area contributed by atoms with Crippen LogP contribution in [-0.4, -0.2) is 62.3 Å². The maximum atomic E-state index is 12.4. The Morgan fingerprint density at radius 1 is 1.26 bits per heavy atom. The van der Waals surface area contributed by atoms with Crippen LogP contribution in [0.5, 0.6) is 5.75 Å². The lowest BCUT2D eigenvalue weighted by Crippen LogP contribution is -2.41. The van der Waals surface area contributed by atoms with Crippen molar-refractivity contribution in [1.82, 2.24) is 15.2 Å². The van der Waals surface area contributed by atoms with E-state index in [0.29, 0.717) is 18.7 Å². The molecule has 0 bridgehead atoms. The molecule has 1 aromatic heterocycles. The molecule has 0 saturated carbocycles. The van der Waals surface area contributed by atoms with Crippen molar-refractivity contribution in [2.24, 2.45) is 0 Å². The van der Waals surface area contributed by atoms with Crippen molar-refractivity contribution in [3.05, 3.63) is 53.9 Å². The van der Waals surface area contributed by atoms with E-state index in [-0.39, 0.29) is 5.91 Å². The predicted octanol–water partition coefficient (Wildman–Crippen LogP) is 1.76. The van der Waals surface area contributed by atoms with Crippen molar-refractivity contribution < 1.29 is 14.3 Å². The predicted molar refractivity (Wildman–Crippen MR) is 104 cm³/mol. The summed E-state index contributed by atoms with van der Waals surface area (Å²) in [6, 6.07) is 9.64. The maximum absolute atomic E-state index is 12.4. The summed E-state index contributed by atoms with van der Waals surface area (Å²) in [7, 11) is 1.66. The molecule has 3 rings (SSSR count). The van der Waals surface area contributed by atoms with Gasteiger partial charge in [0.15, 0.2) is 0 Å². The number of aromatic nitrogens is 1. The van der Waals surface area contributed by atoms with E-state index in [1.54, 1.807) is 19.5 Å². The van der Waals surface area contributed by atoms with Crippen LogP contribution in [0.2, 0.25) is 0 Å². The van der Waals surface area contributed by atoms with Gasteiger partial charge in [-0.3, -0.25) is 14.7 Å². The highest BCUT2D eigenvalue weighted by atomic mass is 16.5. The summed E-state index contributed by atoms with van der Waals surface area (Å²) in [5.41, 5.74) is 2.38. The topological polar surface area (TPSA) is 75.7 Å². The summed E-state index contributed by atoms with van der Waals surface area (Å²) in [6.07, 6.45) is 3.29. The van der Waals surface area contributed by atoms with Gasteiger partial charge in [-0.05, 0) is 12.1 Å². The Hall–Kier alpha value is -2.64. The van der Waals surface area contributed by atoms with Gasteiger partial charge in [0.05, 0.1) is 31.6 Å². The van der Waals surface area contributed by atoms with Crippen molar-refractivity contribution in [3.8, 4) is 5.75 Å². The lowest BCUT2D eigenvalue weighted by molar-refractivity contribution is 0.0383. The fourth-order valence-electron chi connectivity index (χ4n) is 2.96. The molecular formula is C20H26N4O3. The number of ether oxygens (including phenoxy) is 2. The SMILES string of the molecule is COc1ccccc1CNc1cncc(C(=O)NCCN2CCOCC2)c1. The monoisotopic (exact) mass is 370 g/mol. The van der Waals surface area contributed by atoms with Crippen LogP contribution in [0.25, 0.3) is 0 Å². The van der Waals surface area contributed by atoms with Gasteiger partial charge in [0, 0.05) is 50.7 Å². The first-order valence-corrected chi connectivity index (χ1v) is 9.15. The summed E-state index contributed by atoms with van der Waals surface area (Å²) in [5, 5.41) is 6.25. The number of nitrogens with one attached hydrogen (secondary N) is 2. The number of hydrogen-bond donors (Lipinski definition) is 2. The highest BCUT2D eigenvalue weighted by Gasteiger charge is 2.11. The van der Waals surface area contributed by atoms with Gasteiger partial charge in [-0.1, -0.05) is 18.2 Å². The van der Waals surface area contributed by atoms with Gasteiger partial charge in [0.1, 0.15) is 5.75 Å². The molecule has 0 radical (unpaired) electrons. The van der Waals surface area contributed by atoms with Crippen LogP contribution in [0, 0.1) is 0 Å². The summed E-state index contributed by atoms with van der Waals surface area (Å²) in [6.45, 7) is 5.38. The van der Waals surface area contributed by atoms with Crippen LogP contribution in [-0.2, 0) is 11.3 Å². The number of amides is 1. The Balaban J connectivity index is 1.50. The number of hydrogen-bond acceptors (Lipinski definition) is 6. The molecule has 144 valence electrons. The van der Waals surface area contributed by atoms with E-state index < -0.39 is 0 Å². The molecule has 7 heteroatoms. The number of morpholine rings is 1. The number of pyridine rings is 1. The van der Waals surface area contributed by atoms with Crippen molar-refractivity contribution in [3.63, 3.8) is 0 Å². The molecule has 1 saturated heterocycles. The largest absolute Gasteiger partial charge is 0.496 e.